The van der Waals surface area contributed by atoms with E-state index in [1.807, 2.05) is 123 Å². The normalized spacial score (nSPS) is 12.4. The maximum atomic E-state index is 10.4. The molecule has 46 heavy (non-hydrogen) atoms. The topological polar surface area (TPSA) is 91.0 Å². The molecule has 4 aromatic carbocycles. The van der Waals surface area contributed by atoms with Crippen LogP contribution in [0.5, 0.6) is 23.0 Å². The van der Waals surface area contributed by atoms with Gasteiger partial charge in [-0.1, -0.05) is 12.1 Å². The van der Waals surface area contributed by atoms with Crippen LogP contribution in [-0.2, 0) is 0 Å². The molecule has 0 amide bonds. The van der Waals surface area contributed by atoms with Crippen LogP contribution in [0.25, 0.3) is 32.7 Å². The van der Waals surface area contributed by atoms with Crippen LogP contribution >= 0.6 is 0 Å². The molecule has 0 N–H and O–H groups in total. The Kier molecular flexibility index (Phi) is 10.6. The van der Waals surface area contributed by atoms with Gasteiger partial charge in [-0.2, -0.15) is 10.5 Å². The summed E-state index contributed by atoms with van der Waals surface area (Å²) in [7, 11) is 14.1. The number of nitriles is 2. The standard InChI is InChI=1S/C38H38N4O4/c1-41(2)23-29(17-27(21-39)25-9-11-31-33(19-25)37(45-7)15-13-35(31)43-5)30(24-42(3)4)18-28(22-40)26-10-12-32-34(20-26)38(46-8)16-14-36(32)44-6/h9-20,23-24H,1-8H3/b27-17+,28-18+,29-23+,30-24+. The summed E-state index contributed by atoms with van der Waals surface area (Å²) in [4.78, 5) is 3.82. The third kappa shape index (κ3) is 7.09. The molecule has 0 fully saturated rings. The number of hydrogen-bond donors (Lipinski definition) is 0. The molecule has 0 aromatic heterocycles. The van der Waals surface area contributed by atoms with Crippen LogP contribution in [0.15, 0.2) is 96.4 Å². The van der Waals surface area contributed by atoms with Crippen molar-refractivity contribution >= 4 is 32.7 Å². The number of hydrogen-bond acceptors (Lipinski definition) is 8. The molecule has 8 heteroatoms. The Hall–Kier alpha value is -5.86. The number of rotatable bonds is 11. The van der Waals surface area contributed by atoms with E-state index in [0.29, 0.717) is 34.1 Å². The SMILES string of the molecule is COc1ccc(OC)c2cc(/C(C#N)=C/C(=C\N(C)C)C(/C=C(\C#N)c3ccc4c(OC)ccc(OC)c4c3)=C/N(C)C)ccc12. The highest BCUT2D eigenvalue weighted by atomic mass is 16.5. The fraction of sp³-hybridized carbons (Fsp3) is 0.211. The van der Waals surface area contributed by atoms with E-state index in [0.717, 1.165) is 43.8 Å². The third-order valence-corrected chi connectivity index (χ3v) is 7.34. The number of benzene rings is 4. The van der Waals surface area contributed by atoms with E-state index in [9.17, 15) is 10.5 Å². The molecule has 4 rings (SSSR count). The van der Waals surface area contributed by atoms with E-state index >= 15 is 0 Å². The van der Waals surface area contributed by atoms with Crippen LogP contribution < -0.4 is 18.9 Å². The van der Waals surface area contributed by atoms with Gasteiger partial charge in [-0.3, -0.25) is 0 Å². The van der Waals surface area contributed by atoms with Gasteiger partial charge in [0, 0.05) is 73.3 Å². The van der Waals surface area contributed by atoms with Gasteiger partial charge in [-0.25, -0.2) is 0 Å². The Balaban J connectivity index is 1.90. The van der Waals surface area contributed by atoms with Crippen molar-refractivity contribution in [3.63, 3.8) is 0 Å². The highest BCUT2D eigenvalue weighted by molar-refractivity contribution is 5.98. The molecule has 0 atom stereocenters. The summed E-state index contributed by atoms with van der Waals surface area (Å²) in [6.45, 7) is 0. The molecular formula is C38H38N4O4. The van der Waals surface area contributed by atoms with Gasteiger partial charge in [0.15, 0.2) is 0 Å². The van der Waals surface area contributed by atoms with Gasteiger partial charge in [0.05, 0.1) is 51.7 Å². The lowest BCUT2D eigenvalue weighted by Gasteiger charge is -2.16. The summed E-state index contributed by atoms with van der Waals surface area (Å²) < 4.78 is 22.3. The van der Waals surface area contributed by atoms with Crippen molar-refractivity contribution in [2.75, 3.05) is 56.6 Å². The first-order valence-electron chi connectivity index (χ1n) is 14.5. The summed E-state index contributed by atoms with van der Waals surface area (Å²) >= 11 is 0. The number of ether oxygens (including phenoxy) is 4. The highest BCUT2D eigenvalue weighted by Gasteiger charge is 2.14. The second-order valence-electron chi connectivity index (χ2n) is 10.9. The Morgan fingerprint density at radius 1 is 0.522 bits per heavy atom. The molecule has 0 unspecified atom stereocenters. The Labute approximate surface area is 270 Å². The minimum absolute atomic E-state index is 0.443. The summed E-state index contributed by atoms with van der Waals surface area (Å²) in [5, 5.41) is 24.2. The van der Waals surface area contributed by atoms with Crippen molar-refractivity contribution in [1.82, 2.24) is 9.80 Å². The zero-order valence-electron chi connectivity index (χ0n) is 27.5. The molecular weight excluding hydrogens is 576 g/mol. The Morgan fingerprint density at radius 3 is 1.13 bits per heavy atom. The van der Waals surface area contributed by atoms with Gasteiger partial charge in [0.1, 0.15) is 23.0 Å². The van der Waals surface area contributed by atoms with Crippen LogP contribution in [0.1, 0.15) is 11.1 Å². The summed E-state index contributed by atoms with van der Waals surface area (Å²) in [6.07, 6.45) is 7.53. The van der Waals surface area contributed by atoms with Gasteiger partial charge in [-0.15, -0.1) is 0 Å². The lowest BCUT2D eigenvalue weighted by molar-refractivity contribution is 0.410. The van der Waals surface area contributed by atoms with Gasteiger partial charge in [-0.05, 0) is 71.8 Å². The minimum Gasteiger partial charge on any atom is -0.496 e. The maximum absolute atomic E-state index is 10.4. The predicted octanol–water partition coefficient (Wildman–Crippen LogP) is 7.43. The zero-order chi connectivity index (χ0) is 33.4. The zero-order valence-corrected chi connectivity index (χ0v) is 27.5. The molecule has 234 valence electrons. The van der Waals surface area contributed by atoms with E-state index in [1.165, 1.54) is 0 Å². The fourth-order valence-corrected chi connectivity index (χ4v) is 5.25. The van der Waals surface area contributed by atoms with Crippen LogP contribution in [0.2, 0.25) is 0 Å². The average Bonchev–Trinajstić information content (AvgIpc) is 3.06. The van der Waals surface area contributed by atoms with E-state index in [-0.39, 0.29) is 0 Å². The van der Waals surface area contributed by atoms with Crippen molar-refractivity contribution < 1.29 is 18.9 Å². The first-order valence-corrected chi connectivity index (χ1v) is 14.5. The lowest BCUT2D eigenvalue weighted by Crippen LogP contribution is -2.07. The third-order valence-electron chi connectivity index (χ3n) is 7.34. The Morgan fingerprint density at radius 2 is 0.848 bits per heavy atom. The molecule has 0 bridgehead atoms. The first-order chi connectivity index (χ1) is 22.2. The Bertz CT molecular complexity index is 1830. The van der Waals surface area contributed by atoms with Crippen molar-refractivity contribution in [3.8, 4) is 35.1 Å². The van der Waals surface area contributed by atoms with Crippen LogP contribution in [0, 0.1) is 22.7 Å². The van der Waals surface area contributed by atoms with Gasteiger partial charge in [0.2, 0.25) is 0 Å². The van der Waals surface area contributed by atoms with Crippen LogP contribution in [0.4, 0.5) is 0 Å². The van der Waals surface area contributed by atoms with Gasteiger partial charge < -0.3 is 28.7 Å². The van der Waals surface area contributed by atoms with E-state index in [1.54, 1.807) is 28.4 Å². The van der Waals surface area contributed by atoms with Crippen molar-refractivity contribution in [1.29, 1.82) is 10.5 Å². The number of allylic oxidation sites excluding steroid dienone is 6. The summed E-state index contributed by atoms with van der Waals surface area (Å²) in [6, 6.07) is 23.7. The quantitative estimate of drug-likeness (QED) is 0.127. The monoisotopic (exact) mass is 614 g/mol. The lowest BCUT2D eigenvalue weighted by atomic mass is 9.95. The number of methoxy groups -OCH3 is 4. The molecule has 0 saturated carbocycles. The second kappa shape index (κ2) is 14.7. The molecule has 0 aliphatic heterocycles. The summed E-state index contributed by atoms with van der Waals surface area (Å²) in [5.74, 6) is 2.79. The molecule has 8 nitrogen and oxygen atoms in total. The predicted molar refractivity (Wildman–Crippen MR) is 185 cm³/mol. The fourth-order valence-electron chi connectivity index (χ4n) is 5.25. The molecule has 0 radical (unpaired) electrons. The van der Waals surface area contributed by atoms with E-state index < -0.39 is 0 Å². The molecule has 0 aliphatic carbocycles. The highest BCUT2D eigenvalue weighted by Crippen LogP contribution is 2.37. The number of fused-ring (bicyclic) bond motifs is 2. The van der Waals surface area contributed by atoms with Crippen molar-refractivity contribution in [2.45, 2.75) is 0 Å². The van der Waals surface area contributed by atoms with Gasteiger partial charge >= 0.3 is 0 Å². The van der Waals surface area contributed by atoms with Crippen LogP contribution in [-0.4, -0.2) is 66.4 Å². The first kappa shape index (κ1) is 33.0. The van der Waals surface area contributed by atoms with E-state index in [2.05, 4.69) is 12.1 Å². The van der Waals surface area contributed by atoms with Crippen molar-refractivity contribution in [3.05, 3.63) is 107 Å². The maximum Gasteiger partial charge on any atom is 0.126 e. The second-order valence-corrected chi connectivity index (χ2v) is 10.9. The smallest absolute Gasteiger partial charge is 0.126 e. The molecule has 0 saturated heterocycles. The average molecular weight is 615 g/mol. The van der Waals surface area contributed by atoms with Gasteiger partial charge in [0.25, 0.3) is 0 Å². The molecule has 0 spiro atoms. The minimum atomic E-state index is 0.443. The largest absolute Gasteiger partial charge is 0.496 e. The number of nitrogens with zero attached hydrogens (tertiary/aromatic N) is 4. The summed E-state index contributed by atoms with van der Waals surface area (Å²) in [5.41, 5.74) is 3.80. The van der Waals surface area contributed by atoms with Crippen LogP contribution in [0.3, 0.4) is 0 Å². The van der Waals surface area contributed by atoms with E-state index in [4.69, 9.17) is 18.9 Å². The molecule has 0 aliphatic rings. The molecule has 0 heterocycles. The van der Waals surface area contributed by atoms with Crippen molar-refractivity contribution in [2.24, 2.45) is 0 Å². The molecule has 4 aromatic rings.